The maximum absolute atomic E-state index is 12.0. The molecule has 0 aliphatic rings. The molecule has 0 fully saturated rings. The molecular weight excluding hydrogens is 394 g/mol. The Hall–Kier alpha value is -3.68. The fourth-order valence-corrected chi connectivity index (χ4v) is 2.73. The second-order valence-corrected chi connectivity index (χ2v) is 7.96. The van der Waals surface area contributed by atoms with E-state index < -0.39 is 5.97 Å². The van der Waals surface area contributed by atoms with Gasteiger partial charge in [0.2, 0.25) is 11.9 Å². The molecule has 1 aromatic heterocycles. The number of para-hydroxylation sites is 1. The molecule has 1 heterocycles. The van der Waals surface area contributed by atoms with Gasteiger partial charge < -0.3 is 20.5 Å². The second kappa shape index (κ2) is 9.88. The molecule has 8 nitrogen and oxygen atoms in total. The van der Waals surface area contributed by atoms with E-state index in [1.807, 2.05) is 54.6 Å². The predicted molar refractivity (Wildman–Crippen MR) is 119 cm³/mol. The SMILES string of the molecule is CC(C)(C)c1ccc(OCCC(=O)OCc2nc(N)nc(Nc3ccccc3)n2)cc1. The average molecular weight is 422 g/mol. The number of rotatable bonds is 8. The lowest BCUT2D eigenvalue weighted by Gasteiger charge is -2.19. The molecule has 0 spiro atoms. The van der Waals surface area contributed by atoms with Gasteiger partial charge in [-0.3, -0.25) is 4.79 Å². The van der Waals surface area contributed by atoms with Crippen LogP contribution in [0.3, 0.4) is 0 Å². The fraction of sp³-hybridized carbons (Fsp3) is 0.304. The van der Waals surface area contributed by atoms with Gasteiger partial charge >= 0.3 is 5.97 Å². The maximum Gasteiger partial charge on any atom is 0.309 e. The third-order valence-corrected chi connectivity index (χ3v) is 4.39. The summed E-state index contributed by atoms with van der Waals surface area (Å²) in [5, 5.41) is 3.04. The number of hydrogen-bond acceptors (Lipinski definition) is 8. The molecule has 31 heavy (non-hydrogen) atoms. The van der Waals surface area contributed by atoms with E-state index in [-0.39, 0.29) is 42.8 Å². The number of carbonyl (C=O) groups excluding carboxylic acids is 1. The number of nitrogens with one attached hydrogen (secondary N) is 1. The summed E-state index contributed by atoms with van der Waals surface area (Å²) in [6.07, 6.45) is 0.108. The van der Waals surface area contributed by atoms with Gasteiger partial charge in [-0.15, -0.1) is 0 Å². The average Bonchev–Trinajstić information content (AvgIpc) is 2.72. The lowest BCUT2D eigenvalue weighted by molar-refractivity contribution is -0.145. The Morgan fingerprint density at radius 1 is 1.00 bits per heavy atom. The zero-order valence-corrected chi connectivity index (χ0v) is 18.0. The van der Waals surface area contributed by atoms with Gasteiger partial charge in [0.1, 0.15) is 5.75 Å². The molecule has 0 amide bonds. The number of hydrogen-bond donors (Lipinski definition) is 2. The van der Waals surface area contributed by atoms with Gasteiger partial charge in [-0.05, 0) is 35.2 Å². The number of anilines is 3. The van der Waals surface area contributed by atoms with E-state index in [2.05, 4.69) is 41.0 Å². The highest BCUT2D eigenvalue weighted by Gasteiger charge is 2.13. The minimum absolute atomic E-state index is 0.0431. The number of ether oxygens (including phenoxy) is 2. The van der Waals surface area contributed by atoms with E-state index >= 15 is 0 Å². The van der Waals surface area contributed by atoms with Crippen LogP contribution >= 0.6 is 0 Å². The third kappa shape index (κ3) is 6.95. The van der Waals surface area contributed by atoms with Gasteiger partial charge in [0, 0.05) is 5.69 Å². The Kier molecular flexibility index (Phi) is 7.02. The molecule has 0 atom stereocenters. The van der Waals surface area contributed by atoms with Gasteiger partial charge in [0.25, 0.3) is 0 Å². The van der Waals surface area contributed by atoms with Crippen molar-refractivity contribution in [1.29, 1.82) is 0 Å². The minimum Gasteiger partial charge on any atom is -0.493 e. The normalized spacial score (nSPS) is 11.1. The standard InChI is InChI=1S/C23H27N5O3/c1-23(2,3)16-9-11-18(12-10-16)30-14-13-20(29)31-15-19-26-21(24)28-22(27-19)25-17-7-5-4-6-8-17/h4-12H,13-15H2,1-3H3,(H3,24,25,26,27,28). The van der Waals surface area contributed by atoms with Crippen LogP contribution < -0.4 is 15.8 Å². The smallest absolute Gasteiger partial charge is 0.309 e. The van der Waals surface area contributed by atoms with Gasteiger partial charge in [-0.2, -0.15) is 15.0 Å². The number of nitrogens with zero attached hydrogens (tertiary/aromatic N) is 3. The van der Waals surface area contributed by atoms with E-state index in [0.717, 1.165) is 5.69 Å². The summed E-state index contributed by atoms with van der Waals surface area (Å²) in [6, 6.07) is 17.3. The number of benzene rings is 2. The number of aromatic nitrogens is 3. The quantitative estimate of drug-likeness (QED) is 0.525. The Balaban J connectivity index is 1.46. The molecule has 3 aromatic rings. The van der Waals surface area contributed by atoms with Gasteiger partial charge in [-0.25, -0.2) is 0 Å². The second-order valence-electron chi connectivity index (χ2n) is 7.96. The largest absolute Gasteiger partial charge is 0.493 e. The van der Waals surface area contributed by atoms with E-state index in [4.69, 9.17) is 15.2 Å². The summed E-state index contributed by atoms with van der Waals surface area (Å²) in [4.78, 5) is 24.3. The molecule has 8 heteroatoms. The van der Waals surface area contributed by atoms with E-state index in [9.17, 15) is 4.79 Å². The first-order chi connectivity index (χ1) is 14.8. The molecule has 0 radical (unpaired) electrons. The monoisotopic (exact) mass is 421 g/mol. The minimum atomic E-state index is -0.414. The molecule has 0 saturated carbocycles. The van der Waals surface area contributed by atoms with Crippen LogP contribution in [0.4, 0.5) is 17.6 Å². The summed E-state index contributed by atoms with van der Waals surface area (Å²) >= 11 is 0. The van der Waals surface area contributed by atoms with Crippen molar-refractivity contribution in [2.45, 2.75) is 39.2 Å². The zero-order valence-electron chi connectivity index (χ0n) is 18.0. The van der Waals surface area contributed by atoms with Crippen molar-refractivity contribution in [3.05, 3.63) is 66.0 Å². The Labute approximate surface area is 181 Å². The Morgan fingerprint density at radius 3 is 2.39 bits per heavy atom. The van der Waals surface area contributed by atoms with Crippen molar-refractivity contribution in [3.63, 3.8) is 0 Å². The van der Waals surface area contributed by atoms with Gasteiger partial charge in [0.05, 0.1) is 13.0 Å². The topological polar surface area (TPSA) is 112 Å². The first kappa shape index (κ1) is 22.0. The molecule has 0 aliphatic carbocycles. The van der Waals surface area contributed by atoms with Crippen LogP contribution in [0.15, 0.2) is 54.6 Å². The Bertz CT molecular complexity index is 1000. The highest BCUT2D eigenvalue weighted by atomic mass is 16.5. The highest BCUT2D eigenvalue weighted by molar-refractivity contribution is 5.69. The van der Waals surface area contributed by atoms with Crippen molar-refractivity contribution >= 4 is 23.6 Å². The third-order valence-electron chi connectivity index (χ3n) is 4.39. The highest BCUT2D eigenvalue weighted by Crippen LogP contribution is 2.24. The summed E-state index contributed by atoms with van der Waals surface area (Å²) < 4.78 is 10.9. The lowest BCUT2D eigenvalue weighted by atomic mass is 9.87. The summed E-state index contributed by atoms with van der Waals surface area (Å²) in [7, 11) is 0. The van der Waals surface area contributed by atoms with E-state index in [1.54, 1.807) is 0 Å². The van der Waals surface area contributed by atoms with Crippen LogP contribution in [0.5, 0.6) is 5.75 Å². The first-order valence-corrected chi connectivity index (χ1v) is 10.0. The van der Waals surface area contributed by atoms with Gasteiger partial charge in [0.15, 0.2) is 12.4 Å². The number of carbonyl (C=O) groups is 1. The van der Waals surface area contributed by atoms with Crippen molar-refractivity contribution in [2.24, 2.45) is 0 Å². The van der Waals surface area contributed by atoms with Gasteiger partial charge in [-0.1, -0.05) is 51.1 Å². The van der Waals surface area contributed by atoms with Crippen LogP contribution in [0.1, 0.15) is 38.6 Å². The molecule has 162 valence electrons. The maximum atomic E-state index is 12.0. The van der Waals surface area contributed by atoms with Crippen molar-refractivity contribution in [2.75, 3.05) is 17.7 Å². The molecule has 3 rings (SSSR count). The molecule has 2 aromatic carbocycles. The van der Waals surface area contributed by atoms with Crippen molar-refractivity contribution in [3.8, 4) is 5.75 Å². The fourth-order valence-electron chi connectivity index (χ4n) is 2.73. The summed E-state index contributed by atoms with van der Waals surface area (Å²) in [5.74, 6) is 0.886. The predicted octanol–water partition coefficient (Wildman–Crippen LogP) is 4.01. The van der Waals surface area contributed by atoms with Crippen LogP contribution in [-0.2, 0) is 21.6 Å². The number of esters is 1. The summed E-state index contributed by atoms with van der Waals surface area (Å²) in [6.45, 7) is 6.57. The lowest BCUT2D eigenvalue weighted by Crippen LogP contribution is -2.13. The first-order valence-electron chi connectivity index (χ1n) is 10.0. The summed E-state index contributed by atoms with van der Waals surface area (Å²) in [5.41, 5.74) is 7.85. The Morgan fingerprint density at radius 2 is 1.71 bits per heavy atom. The molecule has 0 unspecified atom stereocenters. The van der Waals surface area contributed by atoms with Crippen LogP contribution in [0.2, 0.25) is 0 Å². The zero-order chi connectivity index (χ0) is 22.3. The van der Waals surface area contributed by atoms with Crippen molar-refractivity contribution in [1.82, 2.24) is 15.0 Å². The molecule has 0 bridgehead atoms. The van der Waals surface area contributed by atoms with Crippen molar-refractivity contribution < 1.29 is 14.3 Å². The number of nitrogen functional groups attached to an aromatic ring is 1. The molecular formula is C23H27N5O3. The molecule has 0 aliphatic heterocycles. The molecule has 3 N–H and O–H groups in total. The number of nitrogens with two attached hydrogens (primary N) is 1. The van der Waals surface area contributed by atoms with Crippen LogP contribution in [-0.4, -0.2) is 27.5 Å². The van der Waals surface area contributed by atoms with E-state index in [1.165, 1.54) is 5.56 Å². The van der Waals surface area contributed by atoms with Crippen LogP contribution in [0.25, 0.3) is 0 Å². The van der Waals surface area contributed by atoms with Crippen LogP contribution in [0, 0.1) is 0 Å². The molecule has 0 saturated heterocycles. The van der Waals surface area contributed by atoms with E-state index in [0.29, 0.717) is 5.75 Å².